The van der Waals surface area contributed by atoms with E-state index < -0.39 is 0 Å². The molecule has 158 valence electrons. The summed E-state index contributed by atoms with van der Waals surface area (Å²) in [6.45, 7) is 3.79. The van der Waals surface area contributed by atoms with Crippen LogP contribution in [0, 0.1) is 13.8 Å². The van der Waals surface area contributed by atoms with Crippen molar-refractivity contribution in [1.29, 1.82) is 0 Å². The number of aryl methyl sites for hydroxylation is 3. The fraction of sp³-hybridized carbons (Fsp3) is 0.208. The van der Waals surface area contributed by atoms with Crippen molar-refractivity contribution in [2.45, 2.75) is 33.3 Å². The Morgan fingerprint density at radius 2 is 1.90 bits per heavy atom. The van der Waals surface area contributed by atoms with Crippen molar-refractivity contribution in [1.82, 2.24) is 9.56 Å². The number of fused-ring (bicyclic) bond motifs is 1. The molecule has 0 saturated carbocycles. The lowest BCUT2D eigenvalue weighted by Crippen LogP contribution is -2.15. The summed E-state index contributed by atoms with van der Waals surface area (Å²) in [4.78, 5) is 29.1. The third-order valence-electron chi connectivity index (χ3n) is 4.79. The Hall–Kier alpha value is -3.87. The molecule has 2 aromatic heterocycles. The lowest BCUT2D eigenvalue weighted by atomic mass is 10.1. The van der Waals surface area contributed by atoms with Gasteiger partial charge in [-0.05, 0) is 43.5 Å². The second-order valence-electron chi connectivity index (χ2n) is 7.41. The molecule has 0 aliphatic carbocycles. The number of nitrogens with zero attached hydrogens (tertiary/aromatic N) is 2. The molecule has 0 bridgehead atoms. The Bertz CT molecular complexity index is 1280. The van der Waals surface area contributed by atoms with E-state index in [1.165, 1.54) is 6.07 Å². The molecule has 1 N–H and O–H groups in total. The van der Waals surface area contributed by atoms with Crippen LogP contribution in [0.3, 0.4) is 0 Å². The summed E-state index contributed by atoms with van der Waals surface area (Å²) >= 11 is 0. The Kier molecular flexibility index (Phi) is 5.84. The van der Waals surface area contributed by atoms with Crippen LogP contribution in [0.2, 0.25) is 0 Å². The predicted molar refractivity (Wildman–Crippen MR) is 117 cm³/mol. The van der Waals surface area contributed by atoms with Crippen LogP contribution in [0.15, 0.2) is 70.0 Å². The van der Waals surface area contributed by atoms with Crippen molar-refractivity contribution in [3.05, 3.63) is 93.6 Å². The van der Waals surface area contributed by atoms with Gasteiger partial charge in [0.2, 0.25) is 5.91 Å². The number of benzene rings is 2. The first kappa shape index (κ1) is 20.4. The molecule has 7 heteroatoms. The Labute approximate surface area is 179 Å². The second kappa shape index (κ2) is 8.87. The number of ether oxygens (including phenoxy) is 1. The van der Waals surface area contributed by atoms with Gasteiger partial charge in [-0.15, -0.1) is 4.57 Å². The molecule has 2 aromatic carbocycles. The minimum atomic E-state index is -0.310. The summed E-state index contributed by atoms with van der Waals surface area (Å²) in [5.74, 6) is 1.03. The molecular formula is C24H23N3O4. The van der Waals surface area contributed by atoms with Gasteiger partial charge in [-0.1, -0.05) is 36.4 Å². The molecule has 4 rings (SSSR count). The summed E-state index contributed by atoms with van der Waals surface area (Å²) in [5, 5.41) is 2.92. The number of hydrogen-bond donors (Lipinski definition) is 1. The van der Waals surface area contributed by atoms with Gasteiger partial charge in [0.05, 0.1) is 11.4 Å². The fourth-order valence-corrected chi connectivity index (χ4v) is 3.27. The van der Waals surface area contributed by atoms with Crippen LogP contribution >= 0.6 is 0 Å². The van der Waals surface area contributed by atoms with Crippen molar-refractivity contribution in [3.8, 4) is 5.75 Å². The number of anilines is 1. The zero-order valence-corrected chi connectivity index (χ0v) is 17.4. The van der Waals surface area contributed by atoms with Crippen LogP contribution < -0.4 is 15.6 Å². The van der Waals surface area contributed by atoms with Gasteiger partial charge in [0.15, 0.2) is 5.65 Å². The second-order valence-corrected chi connectivity index (χ2v) is 7.41. The highest BCUT2D eigenvalue weighted by Crippen LogP contribution is 2.27. The summed E-state index contributed by atoms with van der Waals surface area (Å²) in [7, 11) is 0. The van der Waals surface area contributed by atoms with Gasteiger partial charge in [0, 0.05) is 18.6 Å². The minimum Gasteiger partial charge on any atom is -0.485 e. The van der Waals surface area contributed by atoms with E-state index in [-0.39, 0.29) is 18.1 Å². The topological polar surface area (TPSA) is 85.8 Å². The molecule has 0 atom stereocenters. The number of carbonyl (C=O) groups is 1. The van der Waals surface area contributed by atoms with Gasteiger partial charge in [-0.25, -0.2) is 4.98 Å². The molecule has 7 nitrogen and oxygen atoms in total. The minimum absolute atomic E-state index is 0.0896. The summed E-state index contributed by atoms with van der Waals surface area (Å²) in [6, 6.07) is 18.5. The van der Waals surface area contributed by atoms with E-state index in [1.54, 1.807) is 13.0 Å². The molecule has 1 amide bonds. The van der Waals surface area contributed by atoms with Crippen LogP contribution in [-0.4, -0.2) is 15.5 Å². The number of amides is 1. The van der Waals surface area contributed by atoms with Crippen molar-refractivity contribution >= 4 is 17.2 Å². The monoisotopic (exact) mass is 417 g/mol. The molecule has 0 aliphatic rings. The normalized spacial score (nSPS) is 10.9. The van der Waals surface area contributed by atoms with E-state index in [9.17, 15) is 9.59 Å². The number of aromatic nitrogens is 2. The number of hydrogen-bond acceptors (Lipinski definition) is 5. The van der Waals surface area contributed by atoms with E-state index in [2.05, 4.69) is 10.3 Å². The van der Waals surface area contributed by atoms with E-state index >= 15 is 0 Å². The van der Waals surface area contributed by atoms with Crippen LogP contribution in [0.4, 0.5) is 5.69 Å². The maximum absolute atomic E-state index is 12.5. The lowest BCUT2D eigenvalue weighted by Gasteiger charge is -2.13. The Balaban J connectivity index is 1.45. The first-order valence-electron chi connectivity index (χ1n) is 10.0. The largest absolute Gasteiger partial charge is 0.485 e. The fourth-order valence-electron chi connectivity index (χ4n) is 3.27. The number of nitrogens with one attached hydrogen (secondary N) is 1. The Morgan fingerprint density at radius 3 is 2.71 bits per heavy atom. The highest BCUT2D eigenvalue weighted by atomic mass is 16.5. The average Bonchev–Trinajstić information content (AvgIpc) is 3.14. The summed E-state index contributed by atoms with van der Waals surface area (Å²) in [6.07, 6.45) is 1.03. The first-order chi connectivity index (χ1) is 15.0. The average molecular weight is 417 g/mol. The van der Waals surface area contributed by atoms with E-state index in [0.717, 1.165) is 15.7 Å². The third-order valence-corrected chi connectivity index (χ3v) is 4.79. The van der Waals surface area contributed by atoms with Crippen molar-refractivity contribution in [2.24, 2.45) is 0 Å². The van der Waals surface area contributed by atoms with Gasteiger partial charge < -0.3 is 14.6 Å². The van der Waals surface area contributed by atoms with Gasteiger partial charge in [-0.2, -0.15) is 0 Å². The highest BCUT2D eigenvalue weighted by molar-refractivity contribution is 5.92. The number of carbonyl (C=O) groups excluding carboxylic acids is 1. The maximum Gasteiger partial charge on any atom is 0.287 e. The van der Waals surface area contributed by atoms with Gasteiger partial charge in [-0.3, -0.25) is 9.59 Å². The summed E-state index contributed by atoms with van der Waals surface area (Å²) in [5.41, 5.74) is 3.29. The summed E-state index contributed by atoms with van der Waals surface area (Å²) < 4.78 is 12.4. The van der Waals surface area contributed by atoms with Crippen LogP contribution in [-0.2, 0) is 17.8 Å². The molecule has 0 aliphatic heterocycles. The van der Waals surface area contributed by atoms with Crippen LogP contribution in [0.5, 0.6) is 5.75 Å². The lowest BCUT2D eigenvalue weighted by molar-refractivity contribution is -0.116. The van der Waals surface area contributed by atoms with Crippen LogP contribution in [0.25, 0.3) is 5.65 Å². The Morgan fingerprint density at radius 1 is 1.10 bits per heavy atom. The molecule has 0 saturated heterocycles. The highest BCUT2D eigenvalue weighted by Gasteiger charge is 2.11. The molecule has 0 radical (unpaired) electrons. The van der Waals surface area contributed by atoms with Crippen molar-refractivity contribution < 1.29 is 14.1 Å². The molecular weight excluding hydrogens is 394 g/mol. The molecule has 2 heterocycles. The first-order valence-corrected chi connectivity index (χ1v) is 10.0. The van der Waals surface area contributed by atoms with Gasteiger partial charge >= 0.3 is 0 Å². The zero-order valence-electron chi connectivity index (χ0n) is 17.4. The molecule has 0 spiro atoms. The smallest absolute Gasteiger partial charge is 0.287 e. The number of rotatable bonds is 7. The van der Waals surface area contributed by atoms with E-state index in [1.807, 2.05) is 55.5 Å². The molecule has 0 unspecified atom stereocenters. The van der Waals surface area contributed by atoms with Crippen molar-refractivity contribution in [3.63, 3.8) is 0 Å². The zero-order chi connectivity index (χ0) is 21.8. The van der Waals surface area contributed by atoms with E-state index in [4.69, 9.17) is 9.26 Å². The van der Waals surface area contributed by atoms with Gasteiger partial charge in [0.25, 0.3) is 5.56 Å². The third kappa shape index (κ3) is 5.01. The quantitative estimate of drug-likeness (QED) is 0.490. The van der Waals surface area contributed by atoms with Crippen molar-refractivity contribution in [2.75, 3.05) is 5.32 Å². The molecule has 0 fully saturated rings. The predicted octanol–water partition coefficient (Wildman–Crippen LogP) is 4.05. The maximum atomic E-state index is 12.5. The SMILES string of the molecule is Cc1ccc(NC(=O)CCc2ccccc2)c(OCc2cc(=O)n3oc(C)cc3n2)c1. The molecule has 4 aromatic rings. The van der Waals surface area contributed by atoms with Crippen LogP contribution in [0.1, 0.15) is 29.0 Å². The standard InChI is InChI=1S/C24H23N3O4/c1-16-8-10-20(26-23(28)11-9-18-6-4-3-5-7-18)21(12-16)30-15-19-14-24(29)27-22(25-19)13-17(2)31-27/h3-8,10,12-14H,9,11,15H2,1-2H3,(H,26,28). The molecule has 31 heavy (non-hydrogen) atoms. The van der Waals surface area contributed by atoms with E-state index in [0.29, 0.717) is 41.4 Å². The van der Waals surface area contributed by atoms with Gasteiger partial charge in [0.1, 0.15) is 18.1 Å².